The van der Waals surface area contributed by atoms with Gasteiger partial charge in [0, 0.05) is 24.4 Å². The smallest absolute Gasteiger partial charge is 0.343 e. The van der Waals surface area contributed by atoms with Gasteiger partial charge in [-0.25, -0.2) is 14.8 Å². The topological polar surface area (TPSA) is 64.6 Å². The van der Waals surface area contributed by atoms with Crippen LogP contribution in [0.1, 0.15) is 104 Å². The minimum absolute atomic E-state index is 0.0143. The molecule has 1 aromatic heterocycles. The Morgan fingerprint density at radius 2 is 1.49 bits per heavy atom. The number of unbranched alkanes of at least 4 members (excludes halogenated alkanes) is 8. The maximum atomic E-state index is 12.6. The van der Waals surface area contributed by atoms with Crippen molar-refractivity contribution in [2.24, 2.45) is 5.92 Å². The Balaban J connectivity index is 1.42. The molecule has 1 unspecified atom stereocenters. The van der Waals surface area contributed by atoms with Gasteiger partial charge in [-0.05, 0) is 36.5 Å². The molecular formula is C30H44N2O3. The summed E-state index contributed by atoms with van der Waals surface area (Å²) in [6, 6.07) is 7.55. The van der Waals surface area contributed by atoms with Crippen molar-refractivity contribution >= 4 is 5.97 Å². The van der Waals surface area contributed by atoms with Crippen LogP contribution in [-0.2, 0) is 16.0 Å². The molecule has 5 heteroatoms. The van der Waals surface area contributed by atoms with Crippen molar-refractivity contribution in [3.8, 4) is 16.9 Å². The zero-order valence-electron chi connectivity index (χ0n) is 22.0. The predicted octanol–water partition coefficient (Wildman–Crippen LogP) is 7.72. The molecule has 5 nitrogen and oxygen atoms in total. The molecule has 2 heterocycles. The van der Waals surface area contributed by atoms with Gasteiger partial charge < -0.3 is 9.47 Å². The van der Waals surface area contributed by atoms with Crippen molar-refractivity contribution in [1.82, 2.24) is 9.97 Å². The second-order valence-electron chi connectivity index (χ2n) is 9.89. The van der Waals surface area contributed by atoms with Gasteiger partial charge >= 0.3 is 5.97 Å². The molecule has 0 saturated carbocycles. The highest BCUT2D eigenvalue weighted by Crippen LogP contribution is 2.36. The summed E-state index contributed by atoms with van der Waals surface area (Å²) in [6.45, 7) is 6.64. The molecule has 1 aromatic carbocycles. The minimum atomic E-state index is -0.418. The highest BCUT2D eigenvalue weighted by Gasteiger charge is 2.50. The molecule has 0 spiro atoms. The largest absolute Gasteiger partial charge is 0.425 e. The molecule has 2 aromatic rings. The molecule has 1 fully saturated rings. The lowest BCUT2D eigenvalue weighted by Crippen LogP contribution is -2.20. The van der Waals surface area contributed by atoms with Crippen molar-refractivity contribution < 1.29 is 14.3 Å². The van der Waals surface area contributed by atoms with E-state index in [-0.39, 0.29) is 12.1 Å². The first-order valence-corrected chi connectivity index (χ1v) is 13.9. The van der Waals surface area contributed by atoms with Crippen molar-refractivity contribution in [2.45, 2.75) is 116 Å². The average molecular weight is 481 g/mol. The molecule has 1 aliphatic heterocycles. The Morgan fingerprint density at radius 3 is 2.14 bits per heavy atom. The number of aryl methyl sites for hydroxylation is 1. The standard InChI is InChI=1S/C30H44N2O3/c1-4-7-9-11-12-14-16-27-31-21-25(22-32-27)24-17-19-26(20-18-24)34-30(33)29-28(35-29)23(6-3)15-13-10-8-5-2/h17-23,28-29H,4-16H2,1-3H3/t23?,28-,29+/m0/s1. The molecule has 0 N–H and O–H groups in total. The number of epoxide rings is 1. The van der Waals surface area contributed by atoms with Gasteiger partial charge in [0.1, 0.15) is 11.6 Å². The first-order chi connectivity index (χ1) is 17.2. The summed E-state index contributed by atoms with van der Waals surface area (Å²) < 4.78 is 11.3. The second kappa shape index (κ2) is 15.0. The second-order valence-corrected chi connectivity index (χ2v) is 9.89. The lowest BCUT2D eigenvalue weighted by Gasteiger charge is -2.11. The van der Waals surface area contributed by atoms with Crippen LogP contribution in [0.25, 0.3) is 11.1 Å². The van der Waals surface area contributed by atoms with Crippen LogP contribution in [0.3, 0.4) is 0 Å². The Kier molecular flexibility index (Phi) is 11.7. The van der Waals surface area contributed by atoms with Gasteiger partial charge in [-0.3, -0.25) is 0 Å². The van der Waals surface area contributed by atoms with E-state index in [4.69, 9.17) is 9.47 Å². The van der Waals surface area contributed by atoms with Gasteiger partial charge in [0.15, 0.2) is 6.10 Å². The Hall–Kier alpha value is -2.27. The van der Waals surface area contributed by atoms with Crippen LogP contribution in [0.2, 0.25) is 0 Å². The summed E-state index contributed by atoms with van der Waals surface area (Å²) in [5.74, 6) is 1.61. The predicted molar refractivity (Wildman–Crippen MR) is 141 cm³/mol. The molecular weight excluding hydrogens is 436 g/mol. The molecule has 0 bridgehead atoms. The van der Waals surface area contributed by atoms with E-state index in [9.17, 15) is 4.79 Å². The van der Waals surface area contributed by atoms with Crippen molar-refractivity contribution in [2.75, 3.05) is 0 Å². The van der Waals surface area contributed by atoms with Crippen molar-refractivity contribution in [1.29, 1.82) is 0 Å². The van der Waals surface area contributed by atoms with Crippen LogP contribution in [0.5, 0.6) is 5.75 Å². The van der Waals surface area contributed by atoms with Gasteiger partial charge in [-0.2, -0.15) is 0 Å². The number of aromatic nitrogens is 2. The van der Waals surface area contributed by atoms with Gasteiger partial charge in [-0.1, -0.05) is 97.1 Å². The number of carbonyl (C=O) groups excluding carboxylic acids is 1. The van der Waals surface area contributed by atoms with Crippen molar-refractivity contribution in [3.63, 3.8) is 0 Å². The number of ether oxygens (including phenoxy) is 2. The van der Waals surface area contributed by atoms with Crippen molar-refractivity contribution in [3.05, 3.63) is 42.5 Å². The van der Waals surface area contributed by atoms with Crippen LogP contribution in [0, 0.1) is 5.92 Å². The molecule has 192 valence electrons. The van der Waals surface area contributed by atoms with Crippen LogP contribution >= 0.6 is 0 Å². The molecule has 0 amide bonds. The molecule has 1 saturated heterocycles. The van der Waals surface area contributed by atoms with Gasteiger partial charge in [0.2, 0.25) is 0 Å². The Morgan fingerprint density at radius 1 is 0.857 bits per heavy atom. The highest BCUT2D eigenvalue weighted by atomic mass is 16.6. The number of esters is 1. The van der Waals surface area contributed by atoms with E-state index in [1.807, 2.05) is 36.7 Å². The summed E-state index contributed by atoms with van der Waals surface area (Å²) in [6.07, 6.45) is 19.1. The van der Waals surface area contributed by atoms with E-state index >= 15 is 0 Å². The third-order valence-electron chi connectivity index (χ3n) is 7.04. The van der Waals surface area contributed by atoms with Crippen LogP contribution in [0.4, 0.5) is 0 Å². The van der Waals surface area contributed by atoms with Crippen LogP contribution in [0.15, 0.2) is 36.7 Å². The third-order valence-corrected chi connectivity index (χ3v) is 7.04. The summed E-state index contributed by atoms with van der Waals surface area (Å²) in [5, 5.41) is 0. The summed E-state index contributed by atoms with van der Waals surface area (Å²) in [5.41, 5.74) is 1.98. The van der Waals surface area contributed by atoms with E-state index in [2.05, 4.69) is 30.7 Å². The molecule has 1 aliphatic rings. The molecule has 3 rings (SSSR count). The SMILES string of the molecule is CCCCCCCCc1ncc(-c2ccc(OC(=O)[C@@H]3O[C@H]3C(CC)CCCCCC)cc2)cn1. The monoisotopic (exact) mass is 480 g/mol. The number of hydrogen-bond donors (Lipinski definition) is 0. The first kappa shape index (κ1) is 27.3. The number of hydrogen-bond acceptors (Lipinski definition) is 5. The number of nitrogens with zero attached hydrogens (tertiary/aromatic N) is 2. The van der Waals surface area contributed by atoms with Gasteiger partial charge in [0.25, 0.3) is 0 Å². The number of carbonyl (C=O) groups is 1. The zero-order chi connectivity index (χ0) is 24.9. The minimum Gasteiger partial charge on any atom is -0.425 e. The normalized spacial score (nSPS) is 17.8. The number of benzene rings is 1. The van der Waals surface area contributed by atoms with Gasteiger partial charge in [0.05, 0.1) is 6.10 Å². The maximum absolute atomic E-state index is 12.6. The van der Waals surface area contributed by atoms with Crippen LogP contribution in [-0.4, -0.2) is 28.1 Å². The first-order valence-electron chi connectivity index (χ1n) is 13.9. The fourth-order valence-corrected chi connectivity index (χ4v) is 4.69. The summed E-state index contributed by atoms with van der Waals surface area (Å²) in [4.78, 5) is 21.7. The molecule has 0 radical (unpaired) electrons. The highest BCUT2D eigenvalue weighted by molar-refractivity contribution is 5.80. The summed E-state index contributed by atoms with van der Waals surface area (Å²) in [7, 11) is 0. The Bertz CT molecular complexity index is 866. The van der Waals surface area contributed by atoms with E-state index in [1.165, 1.54) is 57.8 Å². The molecule has 0 aliphatic carbocycles. The fraction of sp³-hybridized carbons (Fsp3) is 0.633. The van der Waals surface area contributed by atoms with E-state index in [0.717, 1.165) is 42.6 Å². The maximum Gasteiger partial charge on any atom is 0.343 e. The summed E-state index contributed by atoms with van der Waals surface area (Å²) >= 11 is 0. The van der Waals surface area contributed by atoms with E-state index in [1.54, 1.807) is 0 Å². The quantitative estimate of drug-likeness (QED) is 0.100. The molecule has 3 atom stereocenters. The van der Waals surface area contributed by atoms with Gasteiger partial charge in [-0.15, -0.1) is 0 Å². The fourth-order valence-electron chi connectivity index (χ4n) is 4.69. The average Bonchev–Trinajstić information content (AvgIpc) is 3.68. The van der Waals surface area contributed by atoms with E-state index < -0.39 is 6.10 Å². The lowest BCUT2D eigenvalue weighted by atomic mass is 9.93. The number of rotatable bonds is 17. The van der Waals surface area contributed by atoms with E-state index in [0.29, 0.717) is 11.7 Å². The lowest BCUT2D eigenvalue weighted by molar-refractivity contribution is -0.135. The zero-order valence-corrected chi connectivity index (χ0v) is 22.0. The van der Waals surface area contributed by atoms with Crippen LogP contribution < -0.4 is 4.74 Å². The third kappa shape index (κ3) is 9.03. The molecule has 35 heavy (non-hydrogen) atoms. The Labute approximate surface area is 212 Å².